The summed E-state index contributed by atoms with van der Waals surface area (Å²) in [6, 6.07) is 7.72. The Bertz CT molecular complexity index is 888. The van der Waals surface area contributed by atoms with Gasteiger partial charge in [-0.05, 0) is 47.6 Å². The smallest absolute Gasteiger partial charge is 0.480 e. The van der Waals surface area contributed by atoms with Crippen molar-refractivity contribution in [3.8, 4) is 0 Å². The molecule has 8 heteroatoms. The number of pyridine rings is 1. The number of carboxylic acid groups (broad SMARTS) is 1. The van der Waals surface area contributed by atoms with Gasteiger partial charge in [0.15, 0.2) is 0 Å². The molecule has 1 aromatic carbocycles. The number of hydrogen-bond donors (Lipinski definition) is 2. The van der Waals surface area contributed by atoms with Gasteiger partial charge in [-0.25, -0.2) is 4.79 Å². The molecule has 1 amide bonds. The quantitative estimate of drug-likeness (QED) is 0.732. The van der Waals surface area contributed by atoms with Crippen LogP contribution in [-0.2, 0) is 22.6 Å². The first-order valence-corrected chi connectivity index (χ1v) is 9.17. The molecule has 1 aliphatic heterocycles. The summed E-state index contributed by atoms with van der Waals surface area (Å²) < 4.78 is 5.25. The highest BCUT2D eigenvalue weighted by atomic mass is 16.5. The van der Waals surface area contributed by atoms with Crippen molar-refractivity contribution in [2.24, 2.45) is 5.92 Å². The third kappa shape index (κ3) is 3.79. The van der Waals surface area contributed by atoms with Crippen LogP contribution in [0.25, 0.3) is 0 Å². The van der Waals surface area contributed by atoms with E-state index in [1.165, 1.54) is 4.90 Å². The maximum Gasteiger partial charge on any atom is 0.492 e. The average Bonchev–Trinajstić information content (AvgIpc) is 3.03. The summed E-state index contributed by atoms with van der Waals surface area (Å²) in [6.45, 7) is 5.64. The van der Waals surface area contributed by atoms with Crippen molar-refractivity contribution in [2.45, 2.75) is 40.0 Å². The van der Waals surface area contributed by atoms with E-state index in [1.807, 2.05) is 0 Å². The van der Waals surface area contributed by atoms with Crippen molar-refractivity contribution in [2.75, 3.05) is 0 Å². The fourth-order valence-electron chi connectivity index (χ4n) is 3.63. The maximum atomic E-state index is 13.4. The van der Waals surface area contributed by atoms with Crippen LogP contribution in [-0.4, -0.2) is 45.1 Å². The highest BCUT2D eigenvalue weighted by Gasteiger charge is 2.36. The Morgan fingerprint density at radius 1 is 1.29 bits per heavy atom. The lowest BCUT2D eigenvalue weighted by molar-refractivity contribution is -0.144. The Balaban J connectivity index is 2.04. The number of carbonyl (C=O) groups excluding carboxylic acids is 1. The van der Waals surface area contributed by atoms with Crippen molar-refractivity contribution in [3.63, 3.8) is 0 Å². The molecule has 0 radical (unpaired) electrons. The molecule has 1 atom stereocenters. The second kappa shape index (κ2) is 8.12. The maximum absolute atomic E-state index is 13.4. The first-order chi connectivity index (χ1) is 13.3. The number of fused-ring (bicyclic) bond motifs is 1. The Hall–Kier alpha value is -2.71. The van der Waals surface area contributed by atoms with E-state index in [1.54, 1.807) is 57.3 Å². The zero-order valence-corrected chi connectivity index (χ0v) is 16.1. The van der Waals surface area contributed by atoms with Crippen LogP contribution < -0.4 is 5.46 Å². The number of carbonyl (C=O) groups is 2. The van der Waals surface area contributed by atoms with Crippen LogP contribution in [0.1, 0.15) is 41.0 Å². The molecule has 0 spiro atoms. The Labute approximate surface area is 164 Å². The molecular formula is C20H23BN2O5. The molecule has 2 N–H and O–H groups in total. The van der Waals surface area contributed by atoms with Gasteiger partial charge in [-0.2, -0.15) is 0 Å². The lowest BCUT2D eigenvalue weighted by Crippen LogP contribution is -2.48. The zero-order chi connectivity index (χ0) is 20.4. The van der Waals surface area contributed by atoms with Crippen molar-refractivity contribution in [1.29, 1.82) is 0 Å². The number of hydrogen-bond acceptors (Lipinski definition) is 5. The van der Waals surface area contributed by atoms with Gasteiger partial charge < -0.3 is 19.7 Å². The topological polar surface area (TPSA) is 100.0 Å². The van der Waals surface area contributed by atoms with Gasteiger partial charge in [0.25, 0.3) is 5.91 Å². The number of benzene rings is 1. The van der Waals surface area contributed by atoms with E-state index in [0.29, 0.717) is 22.3 Å². The highest BCUT2D eigenvalue weighted by Crippen LogP contribution is 2.22. The summed E-state index contributed by atoms with van der Waals surface area (Å²) >= 11 is 0. The van der Waals surface area contributed by atoms with E-state index < -0.39 is 25.0 Å². The summed E-state index contributed by atoms with van der Waals surface area (Å²) in [5, 5.41) is 19.9. The van der Waals surface area contributed by atoms with E-state index in [-0.39, 0.29) is 19.1 Å². The second-order valence-corrected chi connectivity index (χ2v) is 7.26. The van der Waals surface area contributed by atoms with Gasteiger partial charge in [0.2, 0.25) is 0 Å². The first-order valence-electron chi connectivity index (χ1n) is 9.17. The minimum Gasteiger partial charge on any atom is -0.480 e. The molecule has 1 aliphatic rings. The molecule has 0 saturated heterocycles. The summed E-state index contributed by atoms with van der Waals surface area (Å²) in [4.78, 5) is 31.0. The fourth-order valence-corrected chi connectivity index (χ4v) is 3.63. The van der Waals surface area contributed by atoms with Crippen molar-refractivity contribution >= 4 is 24.5 Å². The minimum atomic E-state index is -1.08. The van der Waals surface area contributed by atoms with Crippen molar-refractivity contribution in [1.82, 2.24) is 9.88 Å². The van der Waals surface area contributed by atoms with E-state index in [0.717, 1.165) is 5.56 Å². The number of amides is 1. The molecule has 28 heavy (non-hydrogen) atoms. The lowest BCUT2D eigenvalue weighted by Gasteiger charge is -2.32. The molecule has 1 aromatic heterocycles. The third-order valence-electron chi connectivity index (χ3n) is 5.02. The van der Waals surface area contributed by atoms with Crippen molar-refractivity contribution < 1.29 is 24.4 Å². The molecule has 2 heterocycles. The van der Waals surface area contributed by atoms with E-state index in [4.69, 9.17) is 4.65 Å². The second-order valence-electron chi connectivity index (χ2n) is 7.26. The first kappa shape index (κ1) is 20.0. The number of nitrogens with zero attached hydrogens (tertiary/aromatic N) is 2. The van der Waals surface area contributed by atoms with Crippen molar-refractivity contribution in [3.05, 3.63) is 58.9 Å². The van der Waals surface area contributed by atoms with E-state index >= 15 is 0 Å². The lowest BCUT2D eigenvalue weighted by atomic mass is 9.75. The van der Waals surface area contributed by atoms with E-state index in [2.05, 4.69) is 4.98 Å². The summed E-state index contributed by atoms with van der Waals surface area (Å²) in [6.07, 6.45) is 1.61. The van der Waals surface area contributed by atoms with Gasteiger partial charge in [-0.3, -0.25) is 9.78 Å². The number of aliphatic carboxylic acids is 1. The van der Waals surface area contributed by atoms with Gasteiger partial charge in [-0.15, -0.1) is 0 Å². The van der Waals surface area contributed by atoms with E-state index in [9.17, 15) is 19.7 Å². The van der Waals surface area contributed by atoms with Crippen LogP contribution in [0, 0.1) is 12.8 Å². The van der Waals surface area contributed by atoms with Crippen LogP contribution in [0.5, 0.6) is 0 Å². The summed E-state index contributed by atoms with van der Waals surface area (Å²) in [5.41, 5.74) is 2.97. The number of aromatic nitrogens is 1. The number of carboxylic acids is 1. The highest BCUT2D eigenvalue weighted by molar-refractivity contribution is 6.62. The van der Waals surface area contributed by atoms with Gasteiger partial charge in [-0.1, -0.05) is 26.0 Å². The summed E-state index contributed by atoms with van der Waals surface area (Å²) in [5.74, 6) is -1.78. The zero-order valence-electron chi connectivity index (χ0n) is 16.1. The van der Waals surface area contributed by atoms with Gasteiger partial charge >= 0.3 is 13.1 Å². The average molecular weight is 382 g/mol. The Morgan fingerprint density at radius 3 is 2.64 bits per heavy atom. The SMILES string of the molecule is Cc1c(C(=O)N(Cc2ccccn2)C(C(=O)O)C(C)C)ccc2c1B(O)OC2. The molecule has 1 unspecified atom stereocenters. The molecule has 0 bridgehead atoms. The Kier molecular flexibility index (Phi) is 5.81. The summed E-state index contributed by atoms with van der Waals surface area (Å²) in [7, 11) is -1.08. The monoisotopic (exact) mass is 382 g/mol. The normalized spacial score (nSPS) is 14.1. The molecule has 146 valence electrons. The molecule has 0 fully saturated rings. The minimum absolute atomic E-state index is 0.0738. The van der Waals surface area contributed by atoms with Crippen LogP contribution in [0.3, 0.4) is 0 Å². The van der Waals surface area contributed by atoms with Crippen LogP contribution in [0.4, 0.5) is 0 Å². The van der Waals surface area contributed by atoms with Crippen LogP contribution in [0.2, 0.25) is 0 Å². The molecule has 0 saturated carbocycles. The third-order valence-corrected chi connectivity index (χ3v) is 5.02. The van der Waals surface area contributed by atoms with Gasteiger partial charge in [0.1, 0.15) is 6.04 Å². The standard InChI is InChI=1S/C20H23BN2O5/c1-12(2)18(20(25)26)23(10-15-6-4-5-9-22-15)19(24)16-8-7-14-11-28-21(27)17(14)13(16)3/h4-9,12,18,27H,10-11H2,1-3H3,(H,25,26). The Morgan fingerprint density at radius 2 is 2.04 bits per heavy atom. The molecule has 0 aliphatic carbocycles. The predicted octanol–water partition coefficient (Wildman–Crippen LogP) is 1.36. The van der Waals surface area contributed by atoms with Gasteiger partial charge in [0, 0.05) is 11.8 Å². The molecule has 7 nitrogen and oxygen atoms in total. The molecular weight excluding hydrogens is 359 g/mol. The molecule has 3 rings (SSSR count). The predicted molar refractivity (Wildman–Crippen MR) is 104 cm³/mol. The number of rotatable bonds is 6. The fraction of sp³-hybridized carbons (Fsp3) is 0.350. The van der Waals surface area contributed by atoms with Crippen LogP contribution in [0.15, 0.2) is 36.5 Å². The van der Waals surface area contributed by atoms with Gasteiger partial charge in [0.05, 0.1) is 18.8 Å². The largest absolute Gasteiger partial charge is 0.492 e. The molecule has 2 aromatic rings. The van der Waals surface area contributed by atoms with Crippen LogP contribution >= 0.6 is 0 Å².